The van der Waals surface area contributed by atoms with Crippen LogP contribution in [0.4, 0.5) is 0 Å². The number of hydrogen-bond donors (Lipinski definition) is 0. The predicted octanol–water partition coefficient (Wildman–Crippen LogP) is 3.46. The Kier molecular flexibility index (Phi) is 5.28. The third-order valence-electron chi connectivity index (χ3n) is 5.90. The van der Waals surface area contributed by atoms with E-state index >= 15 is 0 Å². The lowest BCUT2D eigenvalue weighted by Gasteiger charge is -2.39. The van der Waals surface area contributed by atoms with Gasteiger partial charge < -0.3 is 14.0 Å². The lowest BCUT2D eigenvalue weighted by molar-refractivity contribution is 0.0880. The molecule has 1 aliphatic rings. The molecular weight excluding hydrogens is 366 g/mol. The van der Waals surface area contributed by atoms with Crippen molar-refractivity contribution in [1.29, 1.82) is 0 Å². The van der Waals surface area contributed by atoms with Crippen LogP contribution < -0.4 is 15.0 Å². The molecule has 29 heavy (non-hydrogen) atoms. The van der Waals surface area contributed by atoms with Crippen LogP contribution in [-0.2, 0) is 13.6 Å². The summed E-state index contributed by atoms with van der Waals surface area (Å²) in [6.07, 6.45) is 6.42. The highest BCUT2D eigenvalue weighted by Gasteiger charge is 2.27. The van der Waals surface area contributed by atoms with E-state index < -0.39 is 0 Å². The van der Waals surface area contributed by atoms with Crippen molar-refractivity contribution in [1.82, 2.24) is 14.5 Å². The molecule has 0 amide bonds. The monoisotopic (exact) mass is 393 g/mol. The molecule has 2 aromatic heterocycles. The fraction of sp³-hybridized carbons (Fsp3) is 0.391. The van der Waals surface area contributed by atoms with Crippen molar-refractivity contribution >= 4 is 10.8 Å². The number of fused-ring (bicyclic) bond motifs is 1. The van der Waals surface area contributed by atoms with E-state index in [0.717, 1.165) is 59.1 Å². The van der Waals surface area contributed by atoms with Gasteiger partial charge in [-0.05, 0) is 35.1 Å². The fourth-order valence-corrected chi connectivity index (χ4v) is 4.12. The van der Waals surface area contributed by atoms with Crippen LogP contribution >= 0.6 is 0 Å². The van der Waals surface area contributed by atoms with Crippen molar-refractivity contribution < 1.29 is 9.47 Å². The second-order valence-electron chi connectivity index (χ2n) is 7.71. The van der Waals surface area contributed by atoms with Gasteiger partial charge in [0.25, 0.3) is 5.56 Å². The van der Waals surface area contributed by atoms with Gasteiger partial charge in [0.15, 0.2) is 0 Å². The number of likely N-dealkylation sites (tertiary alicyclic amines) is 1. The highest BCUT2D eigenvalue weighted by molar-refractivity contribution is 5.95. The molecule has 0 radical (unpaired) electrons. The summed E-state index contributed by atoms with van der Waals surface area (Å²) in [6.45, 7) is 5.28. The van der Waals surface area contributed by atoms with E-state index in [2.05, 4.69) is 16.8 Å². The molecule has 0 saturated carbocycles. The zero-order chi connectivity index (χ0) is 20.5. The Morgan fingerprint density at radius 1 is 1.14 bits per heavy atom. The van der Waals surface area contributed by atoms with Gasteiger partial charge in [-0.1, -0.05) is 13.3 Å². The van der Waals surface area contributed by atoms with Crippen molar-refractivity contribution in [2.75, 3.05) is 27.3 Å². The molecule has 1 aliphatic heterocycles. The van der Waals surface area contributed by atoms with Crippen molar-refractivity contribution in [2.45, 2.75) is 19.9 Å². The Balaban J connectivity index is 1.81. The molecule has 0 bridgehead atoms. The van der Waals surface area contributed by atoms with E-state index in [1.54, 1.807) is 38.2 Å². The average molecular weight is 393 g/mol. The third kappa shape index (κ3) is 3.49. The van der Waals surface area contributed by atoms with Crippen LogP contribution in [0.5, 0.6) is 11.5 Å². The van der Waals surface area contributed by atoms with E-state index in [0.29, 0.717) is 5.39 Å². The molecule has 3 heterocycles. The Bertz CT molecular complexity index is 1080. The molecule has 0 aliphatic carbocycles. The molecule has 4 rings (SSSR count). The summed E-state index contributed by atoms with van der Waals surface area (Å²) in [5, 5.41) is 1.47. The van der Waals surface area contributed by atoms with Crippen LogP contribution in [0.2, 0.25) is 0 Å². The van der Waals surface area contributed by atoms with Gasteiger partial charge in [0.05, 0.1) is 25.2 Å². The highest BCUT2D eigenvalue weighted by atomic mass is 16.5. The SMILES string of the molecule is CCC1CN(Cc2c(OC)cc(-c3cn(C)c(=O)c4cnccc34)cc2OC)C1. The van der Waals surface area contributed by atoms with Gasteiger partial charge in [-0.25, -0.2) is 0 Å². The fourth-order valence-electron chi connectivity index (χ4n) is 4.12. The standard InChI is InChI=1S/C23H27N3O3/c1-5-15-11-26(12-15)14-20-21(28-3)8-16(9-22(20)29-4)19-13-25(2)23(27)18-10-24-7-6-17(18)19/h6-10,13,15H,5,11-12,14H2,1-4H3. The van der Waals surface area contributed by atoms with Crippen molar-refractivity contribution in [3.8, 4) is 22.6 Å². The third-order valence-corrected chi connectivity index (χ3v) is 5.90. The van der Waals surface area contributed by atoms with Crippen LogP contribution in [0.25, 0.3) is 21.9 Å². The van der Waals surface area contributed by atoms with Gasteiger partial charge >= 0.3 is 0 Å². The molecule has 1 aromatic carbocycles. The van der Waals surface area contributed by atoms with Crippen LogP contribution in [0.1, 0.15) is 18.9 Å². The van der Waals surface area contributed by atoms with Crippen LogP contribution in [0, 0.1) is 5.92 Å². The zero-order valence-electron chi connectivity index (χ0n) is 17.4. The Morgan fingerprint density at radius 3 is 2.45 bits per heavy atom. The average Bonchev–Trinajstić information content (AvgIpc) is 2.72. The molecule has 152 valence electrons. The van der Waals surface area contributed by atoms with Crippen molar-refractivity contribution in [2.24, 2.45) is 13.0 Å². The minimum Gasteiger partial charge on any atom is -0.496 e. The number of ether oxygens (including phenoxy) is 2. The second-order valence-corrected chi connectivity index (χ2v) is 7.71. The van der Waals surface area contributed by atoms with Crippen molar-refractivity contribution in [3.63, 3.8) is 0 Å². The maximum absolute atomic E-state index is 12.5. The van der Waals surface area contributed by atoms with E-state index in [4.69, 9.17) is 9.47 Å². The summed E-state index contributed by atoms with van der Waals surface area (Å²) in [6, 6.07) is 5.95. The summed E-state index contributed by atoms with van der Waals surface area (Å²) in [4.78, 5) is 19.0. The van der Waals surface area contributed by atoms with Gasteiger partial charge in [0.1, 0.15) is 11.5 Å². The summed E-state index contributed by atoms with van der Waals surface area (Å²) in [7, 11) is 5.14. The van der Waals surface area contributed by atoms with Gasteiger partial charge in [0, 0.05) is 50.8 Å². The van der Waals surface area contributed by atoms with Gasteiger partial charge in [0.2, 0.25) is 0 Å². The van der Waals surface area contributed by atoms with Crippen LogP contribution in [-0.4, -0.2) is 41.8 Å². The van der Waals surface area contributed by atoms with E-state index in [9.17, 15) is 4.79 Å². The first-order chi connectivity index (χ1) is 14.0. The zero-order valence-corrected chi connectivity index (χ0v) is 17.4. The molecular formula is C23H27N3O3. The Hall–Kier alpha value is -2.86. The molecule has 0 atom stereocenters. The smallest absolute Gasteiger partial charge is 0.259 e. The maximum Gasteiger partial charge on any atom is 0.259 e. The van der Waals surface area contributed by atoms with Gasteiger partial charge in [-0.2, -0.15) is 0 Å². The van der Waals surface area contributed by atoms with Crippen LogP contribution in [0.15, 0.2) is 41.6 Å². The van der Waals surface area contributed by atoms with Gasteiger partial charge in [-0.15, -0.1) is 0 Å². The first kappa shape index (κ1) is 19.5. The van der Waals surface area contributed by atoms with Crippen LogP contribution in [0.3, 0.4) is 0 Å². The molecule has 1 fully saturated rings. The molecule has 1 saturated heterocycles. The highest BCUT2D eigenvalue weighted by Crippen LogP contribution is 2.38. The summed E-state index contributed by atoms with van der Waals surface area (Å²) >= 11 is 0. The molecule has 0 spiro atoms. The summed E-state index contributed by atoms with van der Waals surface area (Å²) in [5.41, 5.74) is 2.90. The number of rotatable bonds is 6. The number of nitrogens with zero attached hydrogens (tertiary/aromatic N) is 3. The number of benzene rings is 1. The lowest BCUT2D eigenvalue weighted by atomic mass is 9.95. The largest absolute Gasteiger partial charge is 0.496 e. The van der Waals surface area contributed by atoms with Gasteiger partial charge in [-0.3, -0.25) is 14.7 Å². The first-order valence-electron chi connectivity index (χ1n) is 9.96. The Morgan fingerprint density at radius 2 is 1.83 bits per heavy atom. The molecule has 0 unspecified atom stereocenters. The first-order valence-corrected chi connectivity index (χ1v) is 9.96. The van der Waals surface area contributed by atoms with E-state index in [1.165, 1.54) is 6.42 Å². The minimum atomic E-state index is -0.0596. The normalized spacial score (nSPS) is 14.8. The number of methoxy groups -OCH3 is 2. The Labute approximate surface area is 170 Å². The quantitative estimate of drug-likeness (QED) is 0.642. The number of hydrogen-bond acceptors (Lipinski definition) is 5. The minimum absolute atomic E-state index is 0.0596. The lowest BCUT2D eigenvalue weighted by Crippen LogP contribution is -2.45. The summed E-state index contributed by atoms with van der Waals surface area (Å²) in [5.74, 6) is 2.39. The number of aryl methyl sites for hydroxylation is 1. The predicted molar refractivity (Wildman–Crippen MR) is 115 cm³/mol. The van der Waals surface area contributed by atoms with E-state index in [-0.39, 0.29) is 5.56 Å². The molecule has 3 aromatic rings. The van der Waals surface area contributed by atoms with E-state index in [1.807, 2.05) is 24.4 Å². The maximum atomic E-state index is 12.5. The summed E-state index contributed by atoms with van der Waals surface area (Å²) < 4.78 is 13.1. The molecule has 6 heteroatoms. The number of pyridine rings is 2. The topological polar surface area (TPSA) is 56.6 Å². The molecule has 0 N–H and O–H groups in total. The number of aromatic nitrogens is 2. The second kappa shape index (κ2) is 7.87. The molecule has 6 nitrogen and oxygen atoms in total. The van der Waals surface area contributed by atoms with Crippen molar-refractivity contribution in [3.05, 3.63) is 52.7 Å².